The number of rotatable bonds is 4. The third kappa shape index (κ3) is 2.92. The molecule has 102 valence electrons. The predicted octanol–water partition coefficient (Wildman–Crippen LogP) is 2.28. The van der Waals surface area contributed by atoms with Crippen molar-refractivity contribution in [3.8, 4) is 11.8 Å². The monoisotopic (exact) mass is 308 g/mol. The third-order valence-electron chi connectivity index (χ3n) is 2.44. The van der Waals surface area contributed by atoms with Gasteiger partial charge in [0.2, 0.25) is 0 Å². The normalized spacial score (nSPS) is 10.2. The van der Waals surface area contributed by atoms with Crippen molar-refractivity contribution in [2.75, 3.05) is 5.75 Å². The van der Waals surface area contributed by atoms with Gasteiger partial charge in [-0.15, -0.1) is 10.2 Å². The lowest BCUT2D eigenvalue weighted by Gasteiger charge is -2.10. The zero-order valence-electron chi connectivity index (χ0n) is 10.4. The molecule has 1 aromatic carbocycles. The molecule has 1 N–H and O–H groups in total. The first-order chi connectivity index (χ1) is 9.52. The van der Waals surface area contributed by atoms with Crippen LogP contribution in [0.25, 0.3) is 5.69 Å². The number of hydrogen-bond acceptors (Lipinski definition) is 5. The van der Waals surface area contributed by atoms with Gasteiger partial charge in [-0.05, 0) is 25.1 Å². The standard InChI is InChI=1S/C12H9ClN4O2S/c1-7-15-16-12(20-6-11(18)19)17(7)10-4-8(5-14)2-3-9(10)13/h2-4H,6H2,1H3,(H,18,19). The first-order valence-corrected chi connectivity index (χ1v) is 6.86. The van der Waals surface area contributed by atoms with E-state index in [4.69, 9.17) is 22.0 Å². The lowest BCUT2D eigenvalue weighted by Crippen LogP contribution is -2.04. The second kappa shape index (κ2) is 5.94. The fourth-order valence-corrected chi connectivity index (χ4v) is 2.51. The summed E-state index contributed by atoms with van der Waals surface area (Å²) >= 11 is 7.18. The van der Waals surface area contributed by atoms with E-state index >= 15 is 0 Å². The Balaban J connectivity index is 2.49. The first-order valence-electron chi connectivity index (χ1n) is 5.49. The van der Waals surface area contributed by atoms with Crippen molar-refractivity contribution >= 4 is 29.3 Å². The van der Waals surface area contributed by atoms with Crippen LogP contribution < -0.4 is 0 Å². The molecule has 0 aliphatic rings. The van der Waals surface area contributed by atoms with Gasteiger partial charge in [-0.25, -0.2) is 0 Å². The molecule has 0 fully saturated rings. The van der Waals surface area contributed by atoms with E-state index in [1.54, 1.807) is 29.7 Å². The molecule has 1 heterocycles. The van der Waals surface area contributed by atoms with Gasteiger partial charge >= 0.3 is 5.97 Å². The van der Waals surface area contributed by atoms with E-state index in [0.717, 1.165) is 11.8 Å². The van der Waals surface area contributed by atoms with Gasteiger partial charge in [-0.3, -0.25) is 9.36 Å². The van der Waals surface area contributed by atoms with Gasteiger partial charge in [0.15, 0.2) is 5.16 Å². The number of halogens is 1. The fourth-order valence-electron chi connectivity index (χ4n) is 1.59. The number of carboxylic acids is 1. The van der Waals surface area contributed by atoms with E-state index < -0.39 is 5.97 Å². The molecule has 0 radical (unpaired) electrons. The van der Waals surface area contributed by atoms with Gasteiger partial charge in [0, 0.05) is 0 Å². The summed E-state index contributed by atoms with van der Waals surface area (Å²) in [7, 11) is 0. The Hall–Kier alpha value is -2.04. The topological polar surface area (TPSA) is 91.8 Å². The molecule has 2 rings (SSSR count). The molecule has 0 saturated heterocycles. The van der Waals surface area contributed by atoms with E-state index in [1.165, 1.54) is 0 Å². The van der Waals surface area contributed by atoms with Gasteiger partial charge in [-0.1, -0.05) is 23.4 Å². The van der Waals surface area contributed by atoms with Crippen molar-refractivity contribution in [1.82, 2.24) is 14.8 Å². The summed E-state index contributed by atoms with van der Waals surface area (Å²) in [6, 6.07) is 6.86. The number of carbonyl (C=O) groups is 1. The number of benzene rings is 1. The first kappa shape index (κ1) is 14.4. The molecule has 2 aromatic rings. The highest BCUT2D eigenvalue weighted by Crippen LogP contribution is 2.27. The van der Waals surface area contributed by atoms with Crippen molar-refractivity contribution in [2.45, 2.75) is 12.1 Å². The van der Waals surface area contributed by atoms with Gasteiger partial charge < -0.3 is 5.11 Å². The third-order valence-corrected chi connectivity index (χ3v) is 3.67. The van der Waals surface area contributed by atoms with E-state index in [9.17, 15) is 4.79 Å². The van der Waals surface area contributed by atoms with Crippen LogP contribution in [0.15, 0.2) is 23.4 Å². The smallest absolute Gasteiger partial charge is 0.313 e. The predicted molar refractivity (Wildman–Crippen MR) is 74.2 cm³/mol. The summed E-state index contributed by atoms with van der Waals surface area (Å²) in [5.41, 5.74) is 1.01. The summed E-state index contributed by atoms with van der Waals surface area (Å²) in [4.78, 5) is 10.6. The summed E-state index contributed by atoms with van der Waals surface area (Å²) in [5.74, 6) is -0.512. The Kier molecular flexibility index (Phi) is 4.27. The van der Waals surface area contributed by atoms with Crippen LogP contribution in [0, 0.1) is 18.3 Å². The molecule has 0 atom stereocenters. The van der Waals surface area contributed by atoms with Crippen LogP contribution >= 0.6 is 23.4 Å². The molecule has 0 bridgehead atoms. The van der Waals surface area contributed by atoms with Crippen molar-refractivity contribution in [1.29, 1.82) is 5.26 Å². The second-order valence-corrected chi connectivity index (χ2v) is 5.18. The molecular formula is C12H9ClN4O2S. The molecule has 0 spiro atoms. The summed E-state index contributed by atoms with van der Waals surface area (Å²) in [6.07, 6.45) is 0. The van der Waals surface area contributed by atoms with Crippen LogP contribution in [0.1, 0.15) is 11.4 Å². The second-order valence-electron chi connectivity index (χ2n) is 3.83. The summed E-state index contributed by atoms with van der Waals surface area (Å²) in [5, 5.41) is 26.4. The maximum Gasteiger partial charge on any atom is 0.313 e. The lowest BCUT2D eigenvalue weighted by molar-refractivity contribution is -0.133. The summed E-state index contributed by atoms with van der Waals surface area (Å²) < 4.78 is 1.64. The van der Waals surface area contributed by atoms with Gasteiger partial charge in [0.25, 0.3) is 0 Å². The molecule has 20 heavy (non-hydrogen) atoms. The number of thioether (sulfide) groups is 1. The number of carboxylic acid groups (broad SMARTS) is 1. The van der Waals surface area contributed by atoms with Crippen LogP contribution in [0.5, 0.6) is 0 Å². The highest BCUT2D eigenvalue weighted by molar-refractivity contribution is 7.99. The zero-order valence-corrected chi connectivity index (χ0v) is 11.9. The number of aryl methyl sites for hydroxylation is 1. The molecular weight excluding hydrogens is 300 g/mol. The van der Waals surface area contributed by atoms with Gasteiger partial charge in [0.1, 0.15) is 5.82 Å². The van der Waals surface area contributed by atoms with Crippen molar-refractivity contribution in [3.63, 3.8) is 0 Å². The van der Waals surface area contributed by atoms with Crippen LogP contribution in [-0.4, -0.2) is 31.6 Å². The number of nitriles is 1. The minimum Gasteiger partial charge on any atom is -0.481 e. The molecule has 0 aliphatic heterocycles. The largest absolute Gasteiger partial charge is 0.481 e. The zero-order chi connectivity index (χ0) is 14.7. The highest BCUT2D eigenvalue weighted by atomic mass is 35.5. The van der Waals surface area contributed by atoms with Gasteiger partial charge in [-0.2, -0.15) is 5.26 Å². The van der Waals surface area contributed by atoms with Crippen LogP contribution in [0.4, 0.5) is 0 Å². The maximum atomic E-state index is 10.6. The van der Waals surface area contributed by atoms with E-state index in [2.05, 4.69) is 10.2 Å². The minimum atomic E-state index is -0.945. The number of aromatic nitrogens is 3. The van der Waals surface area contributed by atoms with Crippen LogP contribution in [0.3, 0.4) is 0 Å². The highest BCUT2D eigenvalue weighted by Gasteiger charge is 2.15. The number of hydrogen-bond donors (Lipinski definition) is 1. The van der Waals surface area contributed by atoms with E-state index in [0.29, 0.717) is 27.3 Å². The molecule has 6 nitrogen and oxygen atoms in total. The molecule has 0 unspecified atom stereocenters. The molecule has 0 saturated carbocycles. The average molecular weight is 309 g/mol. The SMILES string of the molecule is Cc1nnc(SCC(=O)O)n1-c1cc(C#N)ccc1Cl. The van der Waals surface area contributed by atoms with E-state index in [1.807, 2.05) is 6.07 Å². The number of nitrogens with zero attached hydrogens (tertiary/aromatic N) is 4. The van der Waals surface area contributed by atoms with Crippen LogP contribution in [-0.2, 0) is 4.79 Å². The van der Waals surface area contributed by atoms with Gasteiger partial charge in [0.05, 0.1) is 28.1 Å². The molecule has 8 heteroatoms. The Labute approximate surface area is 124 Å². The van der Waals surface area contributed by atoms with Crippen molar-refractivity contribution < 1.29 is 9.90 Å². The maximum absolute atomic E-state index is 10.6. The Morgan fingerprint density at radius 3 is 2.95 bits per heavy atom. The Morgan fingerprint density at radius 1 is 1.55 bits per heavy atom. The molecule has 0 aliphatic carbocycles. The Bertz CT molecular complexity index is 708. The lowest BCUT2D eigenvalue weighted by atomic mass is 10.2. The van der Waals surface area contributed by atoms with Crippen LogP contribution in [0.2, 0.25) is 5.02 Å². The minimum absolute atomic E-state index is 0.131. The summed E-state index contributed by atoms with van der Waals surface area (Å²) in [6.45, 7) is 1.73. The quantitative estimate of drug-likeness (QED) is 0.871. The number of aliphatic carboxylic acids is 1. The fraction of sp³-hybridized carbons (Fsp3) is 0.167. The van der Waals surface area contributed by atoms with Crippen molar-refractivity contribution in [2.24, 2.45) is 0 Å². The molecule has 0 amide bonds. The van der Waals surface area contributed by atoms with E-state index in [-0.39, 0.29) is 5.75 Å². The molecule has 1 aromatic heterocycles. The average Bonchev–Trinajstić information content (AvgIpc) is 2.78. The Morgan fingerprint density at radius 2 is 2.30 bits per heavy atom. The van der Waals surface area contributed by atoms with Crippen molar-refractivity contribution in [3.05, 3.63) is 34.6 Å².